The molecule has 0 radical (unpaired) electrons. The van der Waals surface area contributed by atoms with Crippen molar-refractivity contribution >= 4 is 17.4 Å². The Morgan fingerprint density at radius 2 is 1.43 bits per heavy atom. The first-order chi connectivity index (χ1) is 10.2. The standard InChI is InChI=1S/C17H12N2O2/c18-17-14(12-9-5-2-6-10-13(12)19-17)16(21)15(20)11-7-3-1-4-8-11/h1-10H,(H2,18,19). The van der Waals surface area contributed by atoms with Gasteiger partial charge in [0.2, 0.25) is 11.6 Å². The number of rotatable bonds is 3. The van der Waals surface area contributed by atoms with Crippen molar-refractivity contribution in [3.63, 3.8) is 0 Å². The highest BCUT2D eigenvalue weighted by Crippen LogP contribution is 2.30. The molecule has 1 aliphatic heterocycles. The predicted octanol–water partition coefficient (Wildman–Crippen LogP) is 2.83. The van der Waals surface area contributed by atoms with Crippen LogP contribution < -0.4 is 5.73 Å². The summed E-state index contributed by atoms with van der Waals surface area (Å²) in [6, 6.07) is 17.3. The van der Waals surface area contributed by atoms with Crippen LogP contribution >= 0.6 is 0 Å². The van der Waals surface area contributed by atoms with Gasteiger partial charge in [0.05, 0.1) is 11.3 Å². The van der Waals surface area contributed by atoms with E-state index < -0.39 is 11.6 Å². The highest BCUT2D eigenvalue weighted by molar-refractivity contribution is 6.51. The molecule has 0 unspecified atom stereocenters. The molecule has 0 saturated carbocycles. The van der Waals surface area contributed by atoms with E-state index in [2.05, 4.69) is 4.98 Å². The summed E-state index contributed by atoms with van der Waals surface area (Å²) in [6.07, 6.45) is 0. The Bertz CT molecular complexity index is 797. The lowest BCUT2D eigenvalue weighted by Gasteiger charge is -2.01. The molecule has 1 aromatic rings. The molecule has 3 rings (SSSR count). The van der Waals surface area contributed by atoms with Crippen LogP contribution in [0.3, 0.4) is 0 Å². The van der Waals surface area contributed by atoms with Crippen LogP contribution in [0.25, 0.3) is 11.3 Å². The molecule has 102 valence electrons. The normalized spacial score (nSPS) is 10.5. The van der Waals surface area contributed by atoms with Crippen molar-refractivity contribution in [2.75, 3.05) is 5.73 Å². The van der Waals surface area contributed by atoms with Crippen LogP contribution in [0.15, 0.2) is 60.7 Å². The summed E-state index contributed by atoms with van der Waals surface area (Å²) in [6.45, 7) is 0. The van der Waals surface area contributed by atoms with Gasteiger partial charge in [-0.1, -0.05) is 54.6 Å². The number of Topliss-reactive ketones (excluding diaryl/α,β-unsaturated/α-hetero) is 2. The highest BCUT2D eigenvalue weighted by atomic mass is 16.2. The summed E-state index contributed by atoms with van der Waals surface area (Å²) in [7, 11) is 0. The van der Waals surface area contributed by atoms with E-state index in [4.69, 9.17) is 5.73 Å². The maximum Gasteiger partial charge on any atom is 0.237 e. The van der Waals surface area contributed by atoms with Gasteiger partial charge in [0.25, 0.3) is 0 Å². The van der Waals surface area contributed by atoms with Gasteiger partial charge in [-0.05, 0) is 6.07 Å². The molecule has 0 fully saturated rings. The maximum absolute atomic E-state index is 12.5. The molecule has 1 heterocycles. The first-order valence-electron chi connectivity index (χ1n) is 6.47. The Kier molecular flexibility index (Phi) is 3.20. The van der Waals surface area contributed by atoms with Gasteiger partial charge < -0.3 is 5.73 Å². The number of nitrogens with zero attached hydrogens (tertiary/aromatic N) is 1. The second-order valence-corrected chi connectivity index (χ2v) is 4.61. The van der Waals surface area contributed by atoms with E-state index in [-0.39, 0.29) is 11.4 Å². The minimum Gasteiger partial charge on any atom is -0.383 e. The van der Waals surface area contributed by atoms with Crippen molar-refractivity contribution in [2.24, 2.45) is 0 Å². The number of hydrogen-bond donors (Lipinski definition) is 1. The summed E-state index contributed by atoms with van der Waals surface area (Å²) in [4.78, 5) is 28.9. The Labute approximate surface area is 121 Å². The molecule has 0 bridgehead atoms. The number of aromatic nitrogens is 1. The first kappa shape index (κ1) is 13.0. The molecule has 4 heteroatoms. The molecule has 2 aliphatic rings. The average Bonchev–Trinajstić information content (AvgIpc) is 2.67. The summed E-state index contributed by atoms with van der Waals surface area (Å²) >= 11 is 0. The van der Waals surface area contributed by atoms with E-state index in [0.717, 1.165) is 0 Å². The van der Waals surface area contributed by atoms with E-state index in [1.165, 1.54) is 0 Å². The van der Waals surface area contributed by atoms with Crippen molar-refractivity contribution < 1.29 is 9.59 Å². The van der Waals surface area contributed by atoms with Crippen molar-refractivity contribution in [1.29, 1.82) is 0 Å². The lowest BCUT2D eigenvalue weighted by Crippen LogP contribution is -2.15. The Morgan fingerprint density at radius 3 is 2.14 bits per heavy atom. The number of nitrogens with two attached hydrogens (primary N) is 1. The number of fused-ring (bicyclic) bond motifs is 1. The van der Waals surface area contributed by atoms with E-state index in [9.17, 15) is 9.59 Å². The zero-order chi connectivity index (χ0) is 14.8. The molecule has 4 nitrogen and oxygen atoms in total. The van der Waals surface area contributed by atoms with Crippen LogP contribution in [0.5, 0.6) is 0 Å². The van der Waals surface area contributed by atoms with Gasteiger partial charge in [-0.15, -0.1) is 0 Å². The molecular weight excluding hydrogens is 264 g/mol. The van der Waals surface area contributed by atoms with Crippen LogP contribution in [0, 0.1) is 0 Å². The van der Waals surface area contributed by atoms with Gasteiger partial charge in [0.15, 0.2) is 0 Å². The van der Waals surface area contributed by atoms with Crippen LogP contribution in [0.2, 0.25) is 0 Å². The van der Waals surface area contributed by atoms with Gasteiger partial charge in [-0.25, -0.2) is 4.98 Å². The summed E-state index contributed by atoms with van der Waals surface area (Å²) in [5.74, 6) is -1.12. The Morgan fingerprint density at radius 1 is 0.810 bits per heavy atom. The zero-order valence-corrected chi connectivity index (χ0v) is 11.1. The van der Waals surface area contributed by atoms with Crippen molar-refractivity contribution in [3.8, 4) is 11.3 Å². The molecular formula is C17H12N2O2. The molecule has 0 aromatic heterocycles. The summed E-state index contributed by atoms with van der Waals surface area (Å²) < 4.78 is 0. The topological polar surface area (TPSA) is 73.0 Å². The molecule has 21 heavy (non-hydrogen) atoms. The minimum atomic E-state index is -0.632. The molecule has 0 atom stereocenters. The van der Waals surface area contributed by atoms with E-state index in [0.29, 0.717) is 16.8 Å². The van der Waals surface area contributed by atoms with Crippen molar-refractivity contribution in [1.82, 2.24) is 4.98 Å². The fraction of sp³-hybridized carbons (Fsp3) is 0. The zero-order valence-electron chi connectivity index (χ0n) is 11.1. The van der Waals surface area contributed by atoms with Crippen molar-refractivity contribution in [3.05, 3.63) is 71.8 Å². The predicted molar refractivity (Wildman–Crippen MR) is 80.4 cm³/mol. The average molecular weight is 276 g/mol. The van der Waals surface area contributed by atoms with Gasteiger partial charge >= 0.3 is 0 Å². The monoisotopic (exact) mass is 276 g/mol. The fourth-order valence-corrected chi connectivity index (χ4v) is 2.24. The molecule has 1 aromatic carbocycles. The van der Waals surface area contributed by atoms with Crippen LogP contribution in [-0.4, -0.2) is 16.6 Å². The number of benzene rings is 1. The second kappa shape index (κ2) is 5.17. The number of carbonyl (C=O) groups is 2. The number of ketones is 2. The second-order valence-electron chi connectivity index (χ2n) is 4.61. The number of carbonyl (C=O) groups excluding carboxylic acids is 2. The Hall–Kier alpha value is -3.01. The van der Waals surface area contributed by atoms with Gasteiger partial charge in [-0.2, -0.15) is 0 Å². The lowest BCUT2D eigenvalue weighted by atomic mass is 9.99. The van der Waals surface area contributed by atoms with E-state index in [1.54, 1.807) is 48.5 Å². The number of nitrogen functional groups attached to an aromatic ring is 1. The highest BCUT2D eigenvalue weighted by Gasteiger charge is 2.27. The Balaban J connectivity index is 2.08. The minimum absolute atomic E-state index is 0.0884. The van der Waals surface area contributed by atoms with Crippen LogP contribution in [0.1, 0.15) is 20.7 Å². The van der Waals surface area contributed by atoms with Crippen LogP contribution in [-0.2, 0) is 0 Å². The summed E-state index contributed by atoms with van der Waals surface area (Å²) in [5, 5.41) is 0. The third-order valence-electron chi connectivity index (χ3n) is 3.25. The van der Waals surface area contributed by atoms with Gasteiger partial charge in [-0.3, -0.25) is 9.59 Å². The van der Waals surface area contributed by atoms with Gasteiger partial charge in [0, 0.05) is 11.1 Å². The summed E-state index contributed by atoms with van der Waals surface area (Å²) in [5.41, 5.74) is 7.54. The number of anilines is 1. The molecule has 1 aliphatic carbocycles. The quantitative estimate of drug-likeness (QED) is 0.589. The maximum atomic E-state index is 12.5. The third-order valence-corrected chi connectivity index (χ3v) is 3.25. The van der Waals surface area contributed by atoms with E-state index in [1.807, 2.05) is 12.1 Å². The van der Waals surface area contributed by atoms with Crippen molar-refractivity contribution in [2.45, 2.75) is 0 Å². The number of hydrogen-bond acceptors (Lipinski definition) is 4. The van der Waals surface area contributed by atoms with Gasteiger partial charge in [0.1, 0.15) is 5.82 Å². The largest absolute Gasteiger partial charge is 0.383 e. The molecule has 0 spiro atoms. The SMILES string of the molecule is Nc1nc2cccccc-2c1C(=O)C(=O)c1ccccc1. The van der Waals surface area contributed by atoms with E-state index >= 15 is 0 Å². The first-order valence-corrected chi connectivity index (χ1v) is 6.47. The fourth-order valence-electron chi connectivity index (χ4n) is 2.24. The lowest BCUT2D eigenvalue weighted by molar-refractivity contribution is 0.0818. The smallest absolute Gasteiger partial charge is 0.237 e. The molecule has 2 N–H and O–H groups in total. The third kappa shape index (κ3) is 2.27. The molecule has 0 saturated heterocycles. The molecule has 0 amide bonds. The van der Waals surface area contributed by atoms with Crippen LogP contribution in [0.4, 0.5) is 5.82 Å².